The van der Waals surface area contributed by atoms with Crippen LogP contribution in [0.15, 0.2) is 30.6 Å². The lowest BCUT2D eigenvalue weighted by Gasteiger charge is -2.30. The molecular weight excluding hydrogens is 438 g/mol. The van der Waals surface area contributed by atoms with Crippen molar-refractivity contribution in [2.45, 2.75) is 44.9 Å². The molecule has 1 aliphatic heterocycles. The first kappa shape index (κ1) is 23.8. The Kier molecular flexibility index (Phi) is 8.11. The summed E-state index contributed by atoms with van der Waals surface area (Å²) in [5, 5.41) is 6.51. The van der Waals surface area contributed by atoms with E-state index in [9.17, 15) is 8.42 Å². The van der Waals surface area contributed by atoms with Gasteiger partial charge in [0.1, 0.15) is 5.82 Å². The third kappa shape index (κ3) is 6.61. The van der Waals surface area contributed by atoms with Crippen LogP contribution < -0.4 is 15.4 Å². The molecule has 4 rings (SSSR count). The largest absolute Gasteiger partial charge is 0.373 e. The Balaban J connectivity index is 1.25. The highest BCUT2D eigenvalue weighted by Crippen LogP contribution is 2.29. The molecule has 1 aliphatic carbocycles. The maximum absolute atomic E-state index is 12.5. The van der Waals surface area contributed by atoms with E-state index >= 15 is 0 Å². The first-order valence-electron chi connectivity index (χ1n) is 12.0. The average molecular weight is 474 g/mol. The summed E-state index contributed by atoms with van der Waals surface area (Å²) in [7, 11) is -1.48. The number of rotatable bonds is 9. The van der Waals surface area contributed by atoms with Crippen LogP contribution in [0.5, 0.6) is 0 Å². The summed E-state index contributed by atoms with van der Waals surface area (Å²) in [6.45, 7) is 2.65. The molecule has 2 aromatic heterocycles. The number of hydrogen-bond donors (Lipinski definition) is 3. The molecular formula is C23H35N7O2S. The summed E-state index contributed by atoms with van der Waals surface area (Å²) >= 11 is 0. The molecule has 1 saturated carbocycles. The second kappa shape index (κ2) is 11.2. The fraction of sp³-hybridized carbons (Fsp3) is 0.609. The number of nitrogens with one attached hydrogen (secondary N) is 3. The molecule has 2 aromatic rings. The van der Waals surface area contributed by atoms with E-state index in [0.29, 0.717) is 37.4 Å². The van der Waals surface area contributed by atoms with Crippen molar-refractivity contribution in [1.29, 1.82) is 0 Å². The van der Waals surface area contributed by atoms with Crippen LogP contribution in [0, 0.1) is 11.8 Å². The maximum atomic E-state index is 12.5. The van der Waals surface area contributed by atoms with Crippen LogP contribution in [0.1, 0.15) is 44.9 Å². The van der Waals surface area contributed by atoms with Crippen LogP contribution in [0.4, 0.5) is 11.8 Å². The van der Waals surface area contributed by atoms with Gasteiger partial charge < -0.3 is 10.6 Å². The van der Waals surface area contributed by atoms with Gasteiger partial charge in [-0.05, 0) is 62.5 Å². The van der Waals surface area contributed by atoms with E-state index in [4.69, 9.17) is 0 Å². The SMILES string of the molecule is CNc1cc(-c2cccnc2)nc(NCC2CCC(CNS(=O)(=O)N3CCCCC3)CC2)n1. The highest BCUT2D eigenvalue weighted by molar-refractivity contribution is 7.87. The second-order valence-corrected chi connectivity index (χ2v) is 10.8. The van der Waals surface area contributed by atoms with Crippen molar-refractivity contribution < 1.29 is 8.42 Å². The Morgan fingerprint density at radius 2 is 1.76 bits per heavy atom. The fourth-order valence-corrected chi connectivity index (χ4v) is 5.98. The molecule has 33 heavy (non-hydrogen) atoms. The first-order valence-corrected chi connectivity index (χ1v) is 13.4. The number of pyridine rings is 1. The predicted molar refractivity (Wildman–Crippen MR) is 131 cm³/mol. The van der Waals surface area contributed by atoms with Gasteiger partial charge in [-0.25, -0.2) is 9.71 Å². The minimum Gasteiger partial charge on any atom is -0.373 e. The zero-order valence-electron chi connectivity index (χ0n) is 19.3. The van der Waals surface area contributed by atoms with Crippen LogP contribution in [0.3, 0.4) is 0 Å². The van der Waals surface area contributed by atoms with Gasteiger partial charge in [0, 0.05) is 57.3 Å². The van der Waals surface area contributed by atoms with Crippen molar-refractivity contribution in [3.05, 3.63) is 30.6 Å². The summed E-state index contributed by atoms with van der Waals surface area (Å²) in [4.78, 5) is 13.4. The van der Waals surface area contributed by atoms with Gasteiger partial charge in [-0.3, -0.25) is 4.98 Å². The van der Waals surface area contributed by atoms with Gasteiger partial charge >= 0.3 is 0 Å². The van der Waals surface area contributed by atoms with Crippen LogP contribution >= 0.6 is 0 Å². The Bertz CT molecular complexity index is 989. The lowest BCUT2D eigenvalue weighted by atomic mass is 9.82. The molecule has 0 aromatic carbocycles. The van der Waals surface area contributed by atoms with Gasteiger partial charge in [0.15, 0.2) is 0 Å². The molecule has 10 heteroatoms. The third-order valence-electron chi connectivity index (χ3n) is 6.66. The van der Waals surface area contributed by atoms with Crippen molar-refractivity contribution in [2.75, 3.05) is 43.9 Å². The van der Waals surface area contributed by atoms with E-state index in [0.717, 1.165) is 68.6 Å². The normalized spacial score (nSPS) is 22.1. The molecule has 0 amide bonds. The molecule has 3 N–H and O–H groups in total. The fourth-order valence-electron chi connectivity index (χ4n) is 4.61. The van der Waals surface area contributed by atoms with Gasteiger partial charge in [0.2, 0.25) is 5.95 Å². The summed E-state index contributed by atoms with van der Waals surface area (Å²) in [6.07, 6.45) is 10.8. The van der Waals surface area contributed by atoms with E-state index in [1.165, 1.54) is 0 Å². The Morgan fingerprint density at radius 3 is 2.42 bits per heavy atom. The molecule has 0 atom stereocenters. The van der Waals surface area contributed by atoms with Crippen molar-refractivity contribution in [1.82, 2.24) is 24.0 Å². The minimum absolute atomic E-state index is 0.405. The topological polar surface area (TPSA) is 112 Å². The standard InChI is InChI=1S/C23H35N7O2S/c1-24-22-14-21(20-6-5-11-25-17-20)28-23(29-22)26-15-18-7-9-19(10-8-18)16-27-33(31,32)30-12-3-2-4-13-30/h5-6,11,14,17-19,27H,2-4,7-10,12-13,15-16H2,1H3,(H2,24,26,28,29). The molecule has 180 valence electrons. The van der Waals surface area contributed by atoms with Gasteiger partial charge in [0.25, 0.3) is 10.2 Å². The average Bonchev–Trinajstić information content (AvgIpc) is 2.88. The zero-order valence-corrected chi connectivity index (χ0v) is 20.1. The Labute approximate surface area is 197 Å². The second-order valence-electron chi connectivity index (χ2n) is 9.03. The highest BCUT2D eigenvalue weighted by Gasteiger charge is 2.26. The zero-order chi connectivity index (χ0) is 23.1. The number of piperidine rings is 1. The number of hydrogen-bond acceptors (Lipinski definition) is 7. The van der Waals surface area contributed by atoms with Crippen LogP contribution in [0.25, 0.3) is 11.3 Å². The molecule has 0 unspecified atom stereocenters. The smallest absolute Gasteiger partial charge is 0.279 e. The lowest BCUT2D eigenvalue weighted by Crippen LogP contribution is -2.45. The van der Waals surface area contributed by atoms with Gasteiger partial charge in [-0.1, -0.05) is 6.42 Å². The van der Waals surface area contributed by atoms with Crippen molar-refractivity contribution in [3.8, 4) is 11.3 Å². The van der Waals surface area contributed by atoms with E-state index in [2.05, 4.69) is 30.3 Å². The molecule has 0 bridgehead atoms. The van der Waals surface area contributed by atoms with Crippen LogP contribution in [-0.2, 0) is 10.2 Å². The van der Waals surface area contributed by atoms with E-state index < -0.39 is 10.2 Å². The molecule has 2 aliphatic rings. The molecule has 9 nitrogen and oxygen atoms in total. The van der Waals surface area contributed by atoms with Crippen LogP contribution in [-0.4, -0.2) is 60.9 Å². The molecule has 1 saturated heterocycles. The first-order chi connectivity index (χ1) is 16.0. The maximum Gasteiger partial charge on any atom is 0.279 e. The van der Waals surface area contributed by atoms with Gasteiger partial charge in [-0.2, -0.15) is 17.7 Å². The summed E-state index contributed by atoms with van der Waals surface area (Å²) < 4.78 is 29.5. The third-order valence-corrected chi connectivity index (χ3v) is 8.24. The summed E-state index contributed by atoms with van der Waals surface area (Å²) in [5.74, 6) is 2.30. The number of aromatic nitrogens is 3. The number of anilines is 2. The van der Waals surface area contributed by atoms with E-state index in [1.807, 2.05) is 25.2 Å². The lowest BCUT2D eigenvalue weighted by molar-refractivity contribution is 0.280. The molecule has 0 spiro atoms. The summed E-state index contributed by atoms with van der Waals surface area (Å²) in [5.41, 5.74) is 1.78. The summed E-state index contributed by atoms with van der Waals surface area (Å²) in [6, 6.07) is 5.80. The van der Waals surface area contributed by atoms with Gasteiger partial charge in [-0.15, -0.1) is 0 Å². The van der Waals surface area contributed by atoms with Gasteiger partial charge in [0.05, 0.1) is 5.69 Å². The van der Waals surface area contributed by atoms with Crippen molar-refractivity contribution in [3.63, 3.8) is 0 Å². The Hall–Kier alpha value is -2.30. The number of nitrogens with zero attached hydrogens (tertiary/aromatic N) is 4. The molecule has 3 heterocycles. The quantitative estimate of drug-likeness (QED) is 0.513. The molecule has 0 radical (unpaired) electrons. The minimum atomic E-state index is -3.33. The van der Waals surface area contributed by atoms with E-state index in [1.54, 1.807) is 16.7 Å². The Morgan fingerprint density at radius 1 is 1.03 bits per heavy atom. The highest BCUT2D eigenvalue weighted by atomic mass is 32.2. The predicted octanol–water partition coefficient (Wildman–Crippen LogP) is 3.12. The van der Waals surface area contributed by atoms with Crippen LogP contribution in [0.2, 0.25) is 0 Å². The van der Waals surface area contributed by atoms with Crippen molar-refractivity contribution in [2.24, 2.45) is 11.8 Å². The van der Waals surface area contributed by atoms with E-state index in [-0.39, 0.29) is 0 Å². The molecule has 2 fully saturated rings. The monoisotopic (exact) mass is 473 g/mol. The van der Waals surface area contributed by atoms with Crippen molar-refractivity contribution >= 4 is 22.0 Å².